The van der Waals surface area contributed by atoms with Crippen LogP contribution in [0.1, 0.15) is 36.7 Å². The lowest BCUT2D eigenvalue weighted by molar-refractivity contribution is 0.102. The van der Waals surface area contributed by atoms with Crippen molar-refractivity contribution in [3.05, 3.63) is 47.8 Å². The fraction of sp³-hybridized carbons (Fsp3) is 0.312. The molecule has 5 nitrogen and oxygen atoms in total. The highest BCUT2D eigenvalue weighted by Crippen LogP contribution is 2.16. The number of carbonyl (C=O) groups excluding carboxylic acids is 1. The van der Waals surface area contributed by atoms with Crippen LogP contribution < -0.4 is 10.6 Å². The van der Waals surface area contributed by atoms with Gasteiger partial charge < -0.3 is 10.6 Å². The van der Waals surface area contributed by atoms with E-state index in [0.29, 0.717) is 18.6 Å². The van der Waals surface area contributed by atoms with Crippen molar-refractivity contribution in [2.75, 3.05) is 17.2 Å². The van der Waals surface area contributed by atoms with Crippen LogP contribution in [0.2, 0.25) is 0 Å². The third-order valence-electron chi connectivity index (χ3n) is 3.13. The second kappa shape index (κ2) is 8.17. The van der Waals surface area contributed by atoms with Crippen LogP contribution in [-0.2, 0) is 0 Å². The first-order valence-electron chi connectivity index (χ1n) is 7.43. The van der Waals surface area contributed by atoms with E-state index < -0.39 is 17.5 Å². The molecule has 0 atom stereocenters. The van der Waals surface area contributed by atoms with E-state index in [4.69, 9.17) is 0 Å². The number of rotatable bonds is 7. The molecule has 0 aliphatic carbocycles. The van der Waals surface area contributed by atoms with Crippen molar-refractivity contribution in [2.24, 2.45) is 0 Å². The van der Waals surface area contributed by atoms with Crippen molar-refractivity contribution in [1.29, 1.82) is 0 Å². The summed E-state index contributed by atoms with van der Waals surface area (Å²) >= 11 is 0. The second-order valence-electron chi connectivity index (χ2n) is 4.98. The minimum Gasteiger partial charge on any atom is -0.354 e. The highest BCUT2D eigenvalue weighted by Gasteiger charge is 2.12. The summed E-state index contributed by atoms with van der Waals surface area (Å²) in [5, 5.41) is 5.39. The third-order valence-corrected chi connectivity index (χ3v) is 3.13. The number of hydrogen-bond acceptors (Lipinski definition) is 4. The van der Waals surface area contributed by atoms with E-state index in [0.717, 1.165) is 31.4 Å². The van der Waals surface area contributed by atoms with E-state index in [1.165, 1.54) is 12.3 Å². The third kappa shape index (κ3) is 4.98. The summed E-state index contributed by atoms with van der Waals surface area (Å²) in [5.74, 6) is -1.80. The predicted molar refractivity (Wildman–Crippen MR) is 84.4 cm³/mol. The van der Waals surface area contributed by atoms with Gasteiger partial charge in [-0.2, -0.15) is 0 Å². The predicted octanol–water partition coefficient (Wildman–Crippen LogP) is 3.61. The fourth-order valence-electron chi connectivity index (χ4n) is 1.92. The van der Waals surface area contributed by atoms with Crippen molar-refractivity contribution in [1.82, 2.24) is 9.97 Å². The number of halogens is 2. The Labute approximate surface area is 133 Å². The molecule has 0 aliphatic heterocycles. The van der Waals surface area contributed by atoms with Gasteiger partial charge in [-0.05, 0) is 24.6 Å². The standard InChI is InChI=1S/C16H18F2N4O/c1-2-3-4-8-19-16-20-9-7-14(22-16)15(23)21-13-6-5-11(17)10-12(13)18/h5-7,9-10H,2-4,8H2,1H3,(H,21,23)(H,19,20,22). The number of benzene rings is 1. The van der Waals surface area contributed by atoms with Crippen molar-refractivity contribution in [2.45, 2.75) is 26.2 Å². The van der Waals surface area contributed by atoms with Crippen LogP contribution in [0.5, 0.6) is 0 Å². The Kier molecular flexibility index (Phi) is 5.96. The van der Waals surface area contributed by atoms with Crippen molar-refractivity contribution >= 4 is 17.5 Å². The highest BCUT2D eigenvalue weighted by molar-refractivity contribution is 6.03. The number of unbranched alkanes of at least 4 members (excludes halogenated alkanes) is 2. The Balaban J connectivity index is 2.01. The maximum Gasteiger partial charge on any atom is 0.274 e. The molecule has 0 saturated carbocycles. The fourth-order valence-corrected chi connectivity index (χ4v) is 1.92. The molecular formula is C16H18F2N4O. The van der Waals surface area contributed by atoms with Crippen LogP contribution in [-0.4, -0.2) is 22.4 Å². The molecule has 0 unspecified atom stereocenters. The molecule has 2 aromatic rings. The number of anilines is 2. The smallest absolute Gasteiger partial charge is 0.274 e. The molecule has 23 heavy (non-hydrogen) atoms. The molecule has 0 aliphatic rings. The molecule has 1 amide bonds. The largest absolute Gasteiger partial charge is 0.354 e. The second-order valence-corrected chi connectivity index (χ2v) is 4.98. The van der Waals surface area contributed by atoms with E-state index >= 15 is 0 Å². The number of aromatic nitrogens is 2. The Morgan fingerprint density at radius 3 is 2.78 bits per heavy atom. The Morgan fingerprint density at radius 2 is 2.04 bits per heavy atom. The lowest BCUT2D eigenvalue weighted by Gasteiger charge is -2.08. The molecule has 0 saturated heterocycles. The Bertz CT molecular complexity index is 679. The van der Waals surface area contributed by atoms with Gasteiger partial charge in [0.1, 0.15) is 17.3 Å². The zero-order valence-corrected chi connectivity index (χ0v) is 12.8. The number of hydrogen-bond donors (Lipinski definition) is 2. The summed E-state index contributed by atoms with van der Waals surface area (Å²) < 4.78 is 26.4. The van der Waals surface area contributed by atoms with Gasteiger partial charge in [-0.25, -0.2) is 18.7 Å². The van der Waals surface area contributed by atoms with Gasteiger partial charge in [-0.3, -0.25) is 4.79 Å². The number of amides is 1. The molecule has 1 aromatic heterocycles. The van der Waals surface area contributed by atoms with Crippen molar-refractivity contribution < 1.29 is 13.6 Å². The zero-order chi connectivity index (χ0) is 16.7. The first-order valence-corrected chi connectivity index (χ1v) is 7.43. The van der Waals surface area contributed by atoms with Gasteiger partial charge in [0.2, 0.25) is 5.95 Å². The normalized spacial score (nSPS) is 10.4. The average molecular weight is 320 g/mol. The van der Waals surface area contributed by atoms with Crippen LogP contribution in [0.4, 0.5) is 20.4 Å². The quantitative estimate of drug-likeness (QED) is 0.765. The summed E-state index contributed by atoms with van der Waals surface area (Å²) in [4.78, 5) is 20.2. The van der Waals surface area contributed by atoms with E-state index in [1.54, 1.807) is 0 Å². The molecule has 7 heteroatoms. The number of carbonyl (C=O) groups is 1. The van der Waals surface area contributed by atoms with Crippen LogP contribution in [0.25, 0.3) is 0 Å². The van der Waals surface area contributed by atoms with Gasteiger partial charge >= 0.3 is 0 Å². The monoisotopic (exact) mass is 320 g/mol. The molecule has 2 N–H and O–H groups in total. The van der Waals surface area contributed by atoms with Crippen LogP contribution in [0.3, 0.4) is 0 Å². The van der Waals surface area contributed by atoms with Gasteiger partial charge in [0.25, 0.3) is 5.91 Å². The molecule has 0 bridgehead atoms. The van der Waals surface area contributed by atoms with E-state index in [9.17, 15) is 13.6 Å². The lowest BCUT2D eigenvalue weighted by Crippen LogP contribution is -2.16. The Morgan fingerprint density at radius 1 is 1.22 bits per heavy atom. The van der Waals surface area contributed by atoms with E-state index in [1.807, 2.05) is 0 Å². The van der Waals surface area contributed by atoms with Gasteiger partial charge in [0.05, 0.1) is 5.69 Å². The molecule has 2 rings (SSSR count). The topological polar surface area (TPSA) is 66.9 Å². The van der Waals surface area contributed by atoms with E-state index in [-0.39, 0.29) is 11.4 Å². The first kappa shape index (κ1) is 16.8. The summed E-state index contributed by atoms with van der Waals surface area (Å²) in [6, 6.07) is 4.36. The van der Waals surface area contributed by atoms with Gasteiger partial charge in [-0.15, -0.1) is 0 Å². The van der Waals surface area contributed by atoms with Crippen molar-refractivity contribution in [3.8, 4) is 0 Å². The highest BCUT2D eigenvalue weighted by atomic mass is 19.1. The minimum atomic E-state index is -0.842. The summed E-state index contributed by atoms with van der Waals surface area (Å²) in [6.45, 7) is 2.82. The molecule has 0 spiro atoms. The number of nitrogens with zero attached hydrogens (tertiary/aromatic N) is 2. The van der Waals surface area contributed by atoms with E-state index in [2.05, 4.69) is 27.5 Å². The van der Waals surface area contributed by atoms with Crippen LogP contribution in [0, 0.1) is 11.6 Å². The first-order chi connectivity index (χ1) is 11.1. The summed E-state index contributed by atoms with van der Waals surface area (Å²) in [6.07, 6.45) is 4.63. The molecule has 122 valence electrons. The zero-order valence-electron chi connectivity index (χ0n) is 12.8. The van der Waals surface area contributed by atoms with Crippen LogP contribution >= 0.6 is 0 Å². The summed E-state index contributed by atoms with van der Waals surface area (Å²) in [5.41, 5.74) is -0.00539. The molecule has 1 aromatic carbocycles. The molecule has 1 heterocycles. The molecule has 0 radical (unpaired) electrons. The molecule has 0 fully saturated rings. The average Bonchev–Trinajstić information content (AvgIpc) is 2.54. The Hall–Kier alpha value is -2.57. The van der Waals surface area contributed by atoms with Gasteiger partial charge in [-0.1, -0.05) is 19.8 Å². The van der Waals surface area contributed by atoms with Gasteiger partial charge in [0, 0.05) is 18.8 Å². The van der Waals surface area contributed by atoms with Crippen molar-refractivity contribution in [3.63, 3.8) is 0 Å². The van der Waals surface area contributed by atoms with Crippen LogP contribution in [0.15, 0.2) is 30.5 Å². The molecular weight excluding hydrogens is 302 g/mol. The SMILES string of the molecule is CCCCCNc1nccc(C(=O)Nc2ccc(F)cc2F)n1. The maximum absolute atomic E-state index is 13.5. The minimum absolute atomic E-state index is 0.0988. The lowest BCUT2D eigenvalue weighted by atomic mass is 10.2. The van der Waals surface area contributed by atoms with Gasteiger partial charge in [0.15, 0.2) is 0 Å². The summed E-state index contributed by atoms with van der Waals surface area (Å²) in [7, 11) is 0. The number of nitrogens with one attached hydrogen (secondary N) is 2. The maximum atomic E-state index is 13.5.